The lowest BCUT2D eigenvalue weighted by atomic mass is 10.1. The van der Waals surface area contributed by atoms with E-state index in [1.165, 1.54) is 16.4 Å². The highest BCUT2D eigenvalue weighted by Gasteiger charge is 2.28. The molecular weight excluding hydrogens is 436 g/mol. The molecule has 33 heavy (non-hydrogen) atoms. The minimum Gasteiger partial charge on any atom is -0.491 e. The quantitative estimate of drug-likeness (QED) is 0.476. The van der Waals surface area contributed by atoms with Gasteiger partial charge in [0.15, 0.2) is 0 Å². The van der Waals surface area contributed by atoms with E-state index < -0.39 is 10.0 Å². The maximum atomic E-state index is 13.5. The predicted molar refractivity (Wildman–Crippen MR) is 131 cm³/mol. The van der Waals surface area contributed by atoms with Gasteiger partial charge < -0.3 is 10.1 Å². The standard InChI is InChI=1S/C26H30N2O4S/c1-4-22-10-8-9-13-25(22)28(33(30,31)24-11-6-5-7-12-24)19-26(29)27-18-21-14-16-23(17-15-21)32-20(2)3/h5-17,20H,4,18-19H2,1-3H3,(H,27,29). The molecule has 0 unspecified atom stereocenters. The normalized spacial score (nSPS) is 11.3. The van der Waals surface area contributed by atoms with E-state index in [0.717, 1.165) is 16.9 Å². The fourth-order valence-corrected chi connectivity index (χ4v) is 4.90. The number of carbonyl (C=O) groups excluding carboxylic acids is 1. The van der Waals surface area contributed by atoms with Gasteiger partial charge in [-0.05, 0) is 61.7 Å². The van der Waals surface area contributed by atoms with Gasteiger partial charge in [0.1, 0.15) is 12.3 Å². The average molecular weight is 467 g/mol. The zero-order chi connectivity index (χ0) is 23.8. The third-order valence-electron chi connectivity index (χ3n) is 5.04. The average Bonchev–Trinajstić information content (AvgIpc) is 2.82. The fraction of sp³-hybridized carbons (Fsp3) is 0.269. The summed E-state index contributed by atoms with van der Waals surface area (Å²) in [4.78, 5) is 13.0. The van der Waals surface area contributed by atoms with Gasteiger partial charge in [0.25, 0.3) is 10.0 Å². The Morgan fingerprint density at radius 1 is 0.939 bits per heavy atom. The van der Waals surface area contributed by atoms with E-state index in [0.29, 0.717) is 12.1 Å². The predicted octanol–water partition coefficient (Wildman–Crippen LogP) is 4.55. The number of nitrogens with zero attached hydrogens (tertiary/aromatic N) is 1. The number of hydrogen-bond donors (Lipinski definition) is 1. The first kappa shape index (κ1) is 24.3. The van der Waals surface area contributed by atoms with E-state index in [-0.39, 0.29) is 30.0 Å². The topological polar surface area (TPSA) is 75.7 Å². The number of amides is 1. The summed E-state index contributed by atoms with van der Waals surface area (Å²) in [6.45, 7) is 5.84. The number of sulfonamides is 1. The number of carbonyl (C=O) groups is 1. The molecule has 0 fully saturated rings. The second-order valence-electron chi connectivity index (χ2n) is 7.89. The smallest absolute Gasteiger partial charge is 0.264 e. The van der Waals surface area contributed by atoms with Crippen LogP contribution in [0.25, 0.3) is 0 Å². The van der Waals surface area contributed by atoms with Crippen molar-refractivity contribution in [2.24, 2.45) is 0 Å². The summed E-state index contributed by atoms with van der Waals surface area (Å²) in [5.74, 6) is 0.374. The summed E-state index contributed by atoms with van der Waals surface area (Å²) in [5, 5.41) is 2.83. The fourth-order valence-electron chi connectivity index (χ4n) is 3.42. The monoisotopic (exact) mass is 466 g/mol. The van der Waals surface area contributed by atoms with Crippen LogP contribution >= 0.6 is 0 Å². The summed E-state index contributed by atoms with van der Waals surface area (Å²) in [6.07, 6.45) is 0.725. The van der Waals surface area contributed by atoms with Crippen molar-refractivity contribution in [2.75, 3.05) is 10.8 Å². The van der Waals surface area contributed by atoms with E-state index >= 15 is 0 Å². The number of rotatable bonds is 10. The molecule has 3 aromatic rings. The van der Waals surface area contributed by atoms with Gasteiger partial charge in [0, 0.05) is 6.54 Å². The summed E-state index contributed by atoms with van der Waals surface area (Å²) in [6, 6.07) is 22.9. The SMILES string of the molecule is CCc1ccccc1N(CC(=O)NCc1ccc(OC(C)C)cc1)S(=O)(=O)c1ccccc1. The Kier molecular flexibility index (Phi) is 8.11. The van der Waals surface area contributed by atoms with Gasteiger partial charge in [-0.1, -0.05) is 55.5 Å². The van der Waals surface area contributed by atoms with Crippen LogP contribution in [0.2, 0.25) is 0 Å². The van der Waals surface area contributed by atoms with Crippen LogP contribution in [0.1, 0.15) is 31.9 Å². The maximum absolute atomic E-state index is 13.5. The first-order chi connectivity index (χ1) is 15.8. The van der Waals surface area contributed by atoms with Crippen molar-refractivity contribution in [1.29, 1.82) is 0 Å². The first-order valence-corrected chi connectivity index (χ1v) is 12.4. The van der Waals surface area contributed by atoms with E-state index in [9.17, 15) is 13.2 Å². The zero-order valence-electron chi connectivity index (χ0n) is 19.2. The Balaban J connectivity index is 1.79. The molecule has 1 N–H and O–H groups in total. The highest BCUT2D eigenvalue weighted by Crippen LogP contribution is 2.27. The second kappa shape index (κ2) is 11.0. The van der Waals surface area contributed by atoms with Crippen molar-refractivity contribution in [3.05, 3.63) is 90.0 Å². The van der Waals surface area contributed by atoms with E-state index in [4.69, 9.17) is 4.74 Å². The van der Waals surface area contributed by atoms with Crippen LogP contribution in [0.5, 0.6) is 5.75 Å². The van der Waals surface area contributed by atoms with Crippen molar-refractivity contribution < 1.29 is 17.9 Å². The minimum absolute atomic E-state index is 0.0825. The van der Waals surface area contributed by atoms with Crippen LogP contribution in [-0.2, 0) is 27.8 Å². The van der Waals surface area contributed by atoms with Crippen LogP contribution in [0.15, 0.2) is 83.8 Å². The van der Waals surface area contributed by atoms with Gasteiger partial charge >= 0.3 is 0 Å². The lowest BCUT2D eigenvalue weighted by molar-refractivity contribution is -0.119. The van der Waals surface area contributed by atoms with Crippen molar-refractivity contribution in [2.45, 2.75) is 44.7 Å². The Labute approximate surface area is 196 Å². The summed E-state index contributed by atoms with van der Waals surface area (Å²) in [7, 11) is -3.93. The van der Waals surface area contributed by atoms with Crippen molar-refractivity contribution in [3.63, 3.8) is 0 Å². The number of aryl methyl sites for hydroxylation is 1. The summed E-state index contributed by atoms with van der Waals surface area (Å²) >= 11 is 0. The molecule has 0 radical (unpaired) electrons. The molecule has 0 saturated heterocycles. The van der Waals surface area contributed by atoms with Gasteiger partial charge in [0.2, 0.25) is 5.91 Å². The van der Waals surface area contributed by atoms with Crippen LogP contribution in [-0.4, -0.2) is 27.0 Å². The third kappa shape index (κ3) is 6.35. The van der Waals surface area contributed by atoms with E-state index in [1.54, 1.807) is 30.3 Å². The number of nitrogens with one attached hydrogen (secondary N) is 1. The lowest BCUT2D eigenvalue weighted by Crippen LogP contribution is -2.41. The Morgan fingerprint density at radius 3 is 2.21 bits per heavy atom. The molecule has 0 atom stereocenters. The second-order valence-corrected chi connectivity index (χ2v) is 9.76. The molecule has 0 bridgehead atoms. The van der Waals surface area contributed by atoms with Crippen molar-refractivity contribution >= 4 is 21.6 Å². The van der Waals surface area contributed by atoms with Gasteiger partial charge in [0.05, 0.1) is 16.7 Å². The Bertz CT molecular complexity index is 1160. The lowest BCUT2D eigenvalue weighted by Gasteiger charge is -2.26. The van der Waals surface area contributed by atoms with Crippen LogP contribution in [0, 0.1) is 0 Å². The first-order valence-electron chi connectivity index (χ1n) is 11.0. The molecule has 0 aliphatic rings. The summed E-state index contributed by atoms with van der Waals surface area (Å²) in [5.41, 5.74) is 2.26. The highest BCUT2D eigenvalue weighted by molar-refractivity contribution is 7.92. The molecule has 1 amide bonds. The zero-order valence-corrected chi connectivity index (χ0v) is 20.0. The molecular formula is C26H30N2O4S. The Morgan fingerprint density at radius 2 is 1.58 bits per heavy atom. The van der Waals surface area contributed by atoms with Gasteiger partial charge in [-0.25, -0.2) is 8.42 Å². The molecule has 0 spiro atoms. The minimum atomic E-state index is -3.93. The largest absolute Gasteiger partial charge is 0.491 e. The molecule has 0 aromatic heterocycles. The number of anilines is 1. The van der Waals surface area contributed by atoms with Gasteiger partial charge in [-0.15, -0.1) is 0 Å². The molecule has 0 heterocycles. The van der Waals surface area contributed by atoms with Crippen molar-refractivity contribution in [3.8, 4) is 5.75 Å². The van der Waals surface area contributed by atoms with Crippen LogP contribution in [0.3, 0.4) is 0 Å². The molecule has 6 nitrogen and oxygen atoms in total. The van der Waals surface area contributed by atoms with Crippen LogP contribution < -0.4 is 14.4 Å². The molecule has 174 valence electrons. The molecule has 3 aromatic carbocycles. The summed E-state index contributed by atoms with van der Waals surface area (Å²) < 4.78 is 33.8. The molecule has 0 saturated carbocycles. The molecule has 0 aliphatic carbocycles. The number of hydrogen-bond acceptors (Lipinski definition) is 4. The van der Waals surface area contributed by atoms with E-state index in [1.807, 2.05) is 57.2 Å². The molecule has 7 heteroatoms. The van der Waals surface area contributed by atoms with E-state index in [2.05, 4.69) is 5.32 Å². The van der Waals surface area contributed by atoms with Gasteiger partial charge in [-0.2, -0.15) is 0 Å². The van der Waals surface area contributed by atoms with Crippen LogP contribution in [0.4, 0.5) is 5.69 Å². The number of benzene rings is 3. The highest BCUT2D eigenvalue weighted by atomic mass is 32.2. The molecule has 0 aliphatic heterocycles. The van der Waals surface area contributed by atoms with Gasteiger partial charge in [-0.3, -0.25) is 9.10 Å². The number of ether oxygens (including phenoxy) is 1. The maximum Gasteiger partial charge on any atom is 0.264 e. The van der Waals surface area contributed by atoms with Crippen molar-refractivity contribution in [1.82, 2.24) is 5.32 Å². The molecule has 3 rings (SSSR count). The Hall–Kier alpha value is -3.32. The third-order valence-corrected chi connectivity index (χ3v) is 6.82. The number of para-hydroxylation sites is 1.